The number of nitrogens with zero attached hydrogens (tertiary/aromatic N) is 8. The van der Waals surface area contributed by atoms with Crippen LogP contribution >= 0.6 is 0 Å². The van der Waals surface area contributed by atoms with Crippen LogP contribution in [0.15, 0.2) is 0 Å². The number of rotatable bonds is 6. The van der Waals surface area contributed by atoms with Crippen LogP contribution in [0.2, 0.25) is 0 Å². The molecule has 486 valence electrons. The first kappa shape index (κ1) is 89.9. The van der Waals surface area contributed by atoms with E-state index in [1.807, 2.05) is 0 Å². The van der Waals surface area contributed by atoms with E-state index in [4.69, 9.17) is 0 Å². The molecule has 0 aromatic rings. The van der Waals surface area contributed by atoms with Crippen LogP contribution in [0.3, 0.4) is 0 Å². The van der Waals surface area contributed by atoms with Gasteiger partial charge in [0.05, 0.1) is 212 Å². The van der Waals surface area contributed by atoms with Gasteiger partial charge in [-0.25, -0.2) is 0 Å². The van der Waals surface area contributed by atoms with E-state index in [-0.39, 0.29) is 59.4 Å². The lowest BCUT2D eigenvalue weighted by Crippen LogP contribution is -2.54. The van der Waals surface area contributed by atoms with Gasteiger partial charge in [-0.3, -0.25) is 0 Å². The number of piperidine rings is 5. The first-order chi connectivity index (χ1) is 33.9. The molecule has 0 amide bonds. The lowest BCUT2D eigenvalue weighted by Gasteiger charge is -2.44. The monoisotopic (exact) mass is 1140 g/mol. The Hall–Kier alpha value is -0.320. The van der Waals surface area contributed by atoms with Gasteiger partial charge < -0.3 is 35.9 Å². The van der Waals surface area contributed by atoms with E-state index in [9.17, 15) is 0 Å². The zero-order valence-electron chi connectivity index (χ0n) is 51.6. The first-order valence-corrected chi connectivity index (χ1v) is 32.6. The van der Waals surface area contributed by atoms with Crippen molar-refractivity contribution in [3.63, 3.8) is 0 Å². The predicted octanol–water partition coefficient (Wildman–Crippen LogP) is 17.3. The Morgan fingerprint density at radius 3 is 0.494 bits per heavy atom. The van der Waals surface area contributed by atoms with E-state index in [1.54, 1.807) is 0 Å². The largest absolute Gasteiger partial charge is 0.328 e. The van der Waals surface area contributed by atoms with Crippen LogP contribution in [0.25, 0.3) is 0 Å². The van der Waals surface area contributed by atoms with Crippen molar-refractivity contribution in [1.29, 1.82) is 0 Å². The van der Waals surface area contributed by atoms with Crippen molar-refractivity contribution in [3.8, 4) is 0 Å². The van der Waals surface area contributed by atoms with Crippen LogP contribution in [0.1, 0.15) is 261 Å². The SMILES string of the molecule is C.C.C.C.C.C.C.C.C1CC[N+]2(C1)CCCC2.C1CC[N+]2(CC1)CCCCC2.CC[N+]1(C)CCCC1.CC[N+]1(C)CCCCC1.CC[N+]1(CC)CCCC1.CC[N+]1(CC)CCCCC1.C[N+]1(C)CCCC1.C[N+]1(C)CCCCC1. The molecule has 0 atom stereocenters. The quantitative estimate of drug-likeness (QED) is 0.233. The summed E-state index contributed by atoms with van der Waals surface area (Å²) in [5.41, 5.74) is 0. The second kappa shape index (κ2) is 46.9. The number of hydrogen-bond acceptors (Lipinski definition) is 0. The minimum absolute atomic E-state index is 0. The number of quaternary nitrogens is 8. The molecule has 8 heteroatoms. The van der Waals surface area contributed by atoms with Gasteiger partial charge in [-0.2, -0.15) is 0 Å². The summed E-state index contributed by atoms with van der Waals surface area (Å²) in [6, 6.07) is 0. The van der Waals surface area contributed by atoms with E-state index in [1.165, 1.54) is 367 Å². The van der Waals surface area contributed by atoms with Crippen molar-refractivity contribution < 1.29 is 35.9 Å². The van der Waals surface area contributed by atoms with Gasteiger partial charge in [-0.15, -0.1) is 0 Å². The molecular weight excluding hydrogens is 965 g/mol. The zero-order valence-corrected chi connectivity index (χ0v) is 51.6. The summed E-state index contributed by atoms with van der Waals surface area (Å²) in [4.78, 5) is 0. The molecule has 0 aromatic carbocycles. The smallest absolute Gasteiger partial charge is 0.0788 e. The lowest BCUT2D eigenvalue weighted by atomic mass is 10.0. The van der Waals surface area contributed by atoms with Crippen LogP contribution in [-0.2, 0) is 0 Å². The molecule has 8 nitrogen and oxygen atoms in total. The zero-order chi connectivity index (χ0) is 52.1. The van der Waals surface area contributed by atoms with Gasteiger partial charge in [-0.05, 0) is 138 Å². The minimum atomic E-state index is 0. The summed E-state index contributed by atoms with van der Waals surface area (Å²) in [7, 11) is 14.0. The van der Waals surface area contributed by atoms with Crippen LogP contribution in [0, 0.1) is 0 Å². The van der Waals surface area contributed by atoms with Gasteiger partial charge in [0.25, 0.3) is 0 Å². The molecule has 0 N–H and O–H groups in total. The van der Waals surface area contributed by atoms with Gasteiger partial charge in [-0.1, -0.05) is 59.4 Å². The van der Waals surface area contributed by atoms with Gasteiger partial charge in [0.2, 0.25) is 0 Å². The van der Waals surface area contributed by atoms with Crippen LogP contribution < -0.4 is 0 Å². The Balaban J connectivity index is -0.000000191. The van der Waals surface area contributed by atoms with Crippen molar-refractivity contribution in [2.45, 2.75) is 261 Å². The highest BCUT2D eigenvalue weighted by Gasteiger charge is 2.35. The average molecular weight is 1140 g/mol. The molecular formula is C71H170N8+8. The summed E-state index contributed by atoms with van der Waals surface area (Å²) in [5, 5.41) is 0. The highest BCUT2D eigenvalue weighted by molar-refractivity contribution is 4.61. The highest BCUT2D eigenvalue weighted by Crippen LogP contribution is 2.27. The van der Waals surface area contributed by atoms with Crippen molar-refractivity contribution in [3.05, 3.63) is 0 Å². The van der Waals surface area contributed by atoms with E-state index in [0.29, 0.717) is 0 Å². The first-order valence-electron chi connectivity index (χ1n) is 32.6. The normalized spacial score (nSPS) is 24.8. The molecule has 79 heavy (non-hydrogen) atoms. The number of hydrogen-bond donors (Lipinski definition) is 0. The summed E-state index contributed by atoms with van der Waals surface area (Å²) in [6.07, 6.45) is 36.8. The molecule has 0 unspecified atom stereocenters. The molecule has 10 saturated heterocycles. The predicted molar refractivity (Wildman–Crippen MR) is 367 cm³/mol. The third-order valence-electron chi connectivity index (χ3n) is 21.4. The molecule has 10 rings (SSSR count). The molecule has 0 aliphatic carbocycles. The van der Waals surface area contributed by atoms with Crippen LogP contribution in [0.5, 0.6) is 0 Å². The summed E-state index contributed by atoms with van der Waals surface area (Å²) in [6.45, 7) is 50.8. The summed E-state index contributed by atoms with van der Waals surface area (Å²) < 4.78 is 10.9. The Morgan fingerprint density at radius 2 is 0.329 bits per heavy atom. The molecule has 0 bridgehead atoms. The number of likely N-dealkylation sites (tertiary alicyclic amines) is 6. The third kappa shape index (κ3) is 35.0. The minimum Gasteiger partial charge on any atom is -0.328 e. The van der Waals surface area contributed by atoms with Gasteiger partial charge >= 0.3 is 0 Å². The van der Waals surface area contributed by atoms with Gasteiger partial charge in [0.1, 0.15) is 0 Å². The standard InChI is InChI=1S/C10H20N.C9H20N.C8H16N.2C8H18N.2C7H16N.C6H14N.8CH4/c1-3-7-11(8-4-1)9-5-2-6-10-11;1-3-10(4-2)8-6-5-7-9-10;1-2-6-9(5-1)7-3-4-8-9;1-3-9(2)7-5-4-6-8-9;1-3-9(4-2)7-5-6-8-9;1-8(2)6-4-3-5-7-8;1-3-8(2)6-4-5-7-8;1-7(2)5-3-4-6-7;;;;;;;;/h1-10H2;3-9H2,1-2H3;1-8H2;2*3-8H2,1-2H3;2*3-7H2,1-2H3;3-6H2,1-2H3;8*1H4/q8*+1;;;;;;;;. The van der Waals surface area contributed by atoms with E-state index in [0.717, 1.165) is 0 Å². The fourth-order valence-electron chi connectivity index (χ4n) is 14.7. The summed E-state index contributed by atoms with van der Waals surface area (Å²) >= 11 is 0. The fourth-order valence-corrected chi connectivity index (χ4v) is 14.7. The van der Waals surface area contributed by atoms with Crippen molar-refractivity contribution in [2.24, 2.45) is 0 Å². The fraction of sp³-hybridized carbons (Fsp3) is 1.00. The summed E-state index contributed by atoms with van der Waals surface area (Å²) in [5.74, 6) is 0. The molecule has 0 aromatic heterocycles. The molecule has 0 radical (unpaired) electrons. The van der Waals surface area contributed by atoms with Gasteiger partial charge in [0, 0.05) is 64.2 Å². The maximum Gasteiger partial charge on any atom is 0.0788 e. The maximum absolute atomic E-state index is 2.37. The second-order valence-electron chi connectivity index (χ2n) is 27.7. The topological polar surface area (TPSA) is 0 Å². The Bertz CT molecular complexity index is 1200. The van der Waals surface area contributed by atoms with Crippen molar-refractivity contribution in [1.82, 2.24) is 0 Å². The molecule has 10 fully saturated rings. The molecule has 0 saturated carbocycles. The second-order valence-corrected chi connectivity index (χ2v) is 27.7. The van der Waals surface area contributed by atoms with Crippen molar-refractivity contribution in [2.75, 3.05) is 212 Å². The molecule has 10 heterocycles. The average Bonchev–Trinajstić information content (AvgIpc) is 4.29. The lowest BCUT2D eigenvalue weighted by molar-refractivity contribution is -0.936. The third-order valence-corrected chi connectivity index (χ3v) is 21.4. The van der Waals surface area contributed by atoms with E-state index in [2.05, 4.69) is 83.8 Å². The molecule has 10 aliphatic rings. The van der Waals surface area contributed by atoms with Gasteiger partial charge in [0.15, 0.2) is 0 Å². The Morgan fingerprint density at radius 1 is 0.177 bits per heavy atom. The molecule has 10 aliphatic heterocycles. The van der Waals surface area contributed by atoms with Crippen molar-refractivity contribution >= 4 is 0 Å². The molecule has 2 spiro atoms. The maximum atomic E-state index is 2.37. The van der Waals surface area contributed by atoms with E-state index < -0.39 is 0 Å². The van der Waals surface area contributed by atoms with Crippen LogP contribution in [0.4, 0.5) is 0 Å². The Labute approximate surface area is 507 Å². The highest BCUT2D eigenvalue weighted by atomic mass is 15.4. The Kier molecular flexibility index (Phi) is 53.4. The van der Waals surface area contributed by atoms with E-state index >= 15 is 0 Å². The van der Waals surface area contributed by atoms with Crippen LogP contribution in [-0.4, -0.2) is 248 Å².